The zero-order valence-electron chi connectivity index (χ0n) is 10.3. The van der Waals surface area contributed by atoms with Gasteiger partial charge in [-0.3, -0.25) is 4.79 Å². The first-order valence-corrected chi connectivity index (χ1v) is 5.75. The third-order valence-electron chi connectivity index (χ3n) is 3.10. The third-order valence-corrected chi connectivity index (χ3v) is 3.10. The lowest BCUT2D eigenvalue weighted by Crippen LogP contribution is -2.51. The Kier molecular flexibility index (Phi) is 3.55. The van der Waals surface area contributed by atoms with Crippen molar-refractivity contribution in [1.82, 2.24) is 4.90 Å². The Labute approximate surface area is 105 Å². The van der Waals surface area contributed by atoms with E-state index in [2.05, 4.69) is 5.92 Å². The number of terminal acetylenes is 1. The summed E-state index contributed by atoms with van der Waals surface area (Å²) < 4.78 is 16.0. The molecule has 0 aliphatic carbocycles. The van der Waals surface area contributed by atoms with Crippen LogP contribution in [-0.2, 0) is 19.0 Å². The molecule has 6 nitrogen and oxygen atoms in total. The third kappa shape index (κ3) is 2.19. The summed E-state index contributed by atoms with van der Waals surface area (Å²) in [4.78, 5) is 24.2. The van der Waals surface area contributed by atoms with Crippen molar-refractivity contribution >= 4 is 12.0 Å². The van der Waals surface area contributed by atoms with Crippen LogP contribution in [0.1, 0.15) is 20.3 Å². The van der Waals surface area contributed by atoms with E-state index in [4.69, 9.17) is 20.6 Å². The van der Waals surface area contributed by atoms with Crippen molar-refractivity contribution < 1.29 is 23.8 Å². The van der Waals surface area contributed by atoms with E-state index >= 15 is 0 Å². The summed E-state index contributed by atoms with van der Waals surface area (Å²) >= 11 is 0. The van der Waals surface area contributed by atoms with E-state index in [0.717, 1.165) is 4.90 Å². The molecule has 4 atom stereocenters. The minimum absolute atomic E-state index is 0.129. The maximum atomic E-state index is 11.6. The van der Waals surface area contributed by atoms with Crippen LogP contribution in [0.5, 0.6) is 0 Å². The summed E-state index contributed by atoms with van der Waals surface area (Å²) in [6.45, 7) is 3.24. The van der Waals surface area contributed by atoms with Crippen LogP contribution < -0.4 is 0 Å². The number of rotatable bonds is 2. The van der Waals surface area contributed by atoms with Crippen LogP contribution in [0, 0.1) is 12.3 Å². The van der Waals surface area contributed by atoms with Crippen molar-refractivity contribution in [2.45, 2.75) is 44.8 Å². The van der Waals surface area contributed by atoms with Gasteiger partial charge in [0.05, 0.1) is 12.1 Å². The fraction of sp³-hybridized carbons (Fsp3) is 0.667. The van der Waals surface area contributed by atoms with Crippen molar-refractivity contribution in [3.63, 3.8) is 0 Å². The van der Waals surface area contributed by atoms with E-state index in [-0.39, 0.29) is 24.7 Å². The molecule has 2 saturated heterocycles. The molecule has 2 fully saturated rings. The molecular weight excluding hydrogens is 238 g/mol. The summed E-state index contributed by atoms with van der Waals surface area (Å²) in [5, 5.41) is 0. The Morgan fingerprint density at radius 2 is 2.39 bits per heavy atom. The lowest BCUT2D eigenvalue weighted by Gasteiger charge is -2.35. The molecule has 0 bridgehead atoms. The lowest BCUT2D eigenvalue weighted by molar-refractivity contribution is -0.214. The van der Waals surface area contributed by atoms with Gasteiger partial charge in [-0.1, -0.05) is 5.92 Å². The lowest BCUT2D eigenvalue weighted by atomic mass is 9.99. The highest BCUT2D eigenvalue weighted by Gasteiger charge is 2.51. The topological polar surface area (TPSA) is 65.1 Å². The second kappa shape index (κ2) is 4.96. The van der Waals surface area contributed by atoms with Crippen molar-refractivity contribution in [3.05, 3.63) is 0 Å². The molecule has 0 aromatic heterocycles. The number of nitrogens with zero attached hydrogens (tertiary/aromatic N) is 1. The Balaban J connectivity index is 2.11. The molecule has 2 aliphatic heterocycles. The van der Waals surface area contributed by atoms with Gasteiger partial charge in [-0.15, -0.1) is 6.42 Å². The molecular formula is C12H15NO5. The Hall–Kier alpha value is -1.58. The molecule has 2 amide bonds. The molecule has 0 radical (unpaired) electrons. The summed E-state index contributed by atoms with van der Waals surface area (Å²) in [6.07, 6.45) is 3.58. The van der Waals surface area contributed by atoms with Gasteiger partial charge in [-0.05, 0) is 6.92 Å². The summed E-state index contributed by atoms with van der Waals surface area (Å²) in [6, 6.07) is -0.346. The minimum atomic E-state index is -0.620. The highest BCUT2D eigenvalue weighted by molar-refractivity contribution is 5.92. The summed E-state index contributed by atoms with van der Waals surface area (Å²) in [7, 11) is 0. The molecule has 0 spiro atoms. The minimum Gasteiger partial charge on any atom is -0.441 e. The number of fused-ring (bicyclic) bond motifs is 1. The van der Waals surface area contributed by atoms with Crippen molar-refractivity contribution in [2.24, 2.45) is 0 Å². The largest absolute Gasteiger partial charge is 0.441 e. The number of hydrogen-bond acceptors (Lipinski definition) is 5. The maximum Gasteiger partial charge on any atom is 0.417 e. The Bertz CT molecular complexity index is 402. The van der Waals surface area contributed by atoms with E-state index in [1.54, 1.807) is 6.92 Å². The average molecular weight is 253 g/mol. The highest BCUT2D eigenvalue weighted by atomic mass is 16.7. The molecule has 2 aliphatic rings. The van der Waals surface area contributed by atoms with Gasteiger partial charge in [-0.25, -0.2) is 9.69 Å². The molecule has 0 unspecified atom stereocenters. The fourth-order valence-corrected chi connectivity index (χ4v) is 2.36. The molecule has 0 N–H and O–H groups in total. The molecule has 98 valence electrons. The smallest absolute Gasteiger partial charge is 0.417 e. The van der Waals surface area contributed by atoms with Crippen LogP contribution in [0.15, 0.2) is 0 Å². The zero-order valence-corrected chi connectivity index (χ0v) is 10.3. The second-order valence-electron chi connectivity index (χ2n) is 4.33. The normalized spacial score (nSPS) is 34.7. The van der Waals surface area contributed by atoms with E-state index in [1.807, 2.05) is 0 Å². The Morgan fingerprint density at radius 3 is 3.00 bits per heavy atom. The molecule has 2 rings (SSSR count). The van der Waals surface area contributed by atoms with Crippen LogP contribution in [0.25, 0.3) is 0 Å². The monoisotopic (exact) mass is 253 g/mol. The number of carbonyl (C=O) groups excluding carboxylic acids is 2. The first kappa shape index (κ1) is 12.9. The van der Waals surface area contributed by atoms with Gasteiger partial charge < -0.3 is 14.2 Å². The standard InChI is InChI=1S/C12H15NO5/c1-4-5-16-10-6-9-11(7(2)17-10)18-12(15)13(9)8(3)14/h1,7,9-11H,5-6H2,2-3H3/t7-,9+,10-,11-/m0/s1. The molecule has 2 heterocycles. The first-order valence-electron chi connectivity index (χ1n) is 5.75. The molecule has 6 heteroatoms. The van der Waals surface area contributed by atoms with Crippen LogP contribution in [-0.4, -0.2) is 48.0 Å². The Morgan fingerprint density at radius 1 is 1.67 bits per heavy atom. The quantitative estimate of drug-likeness (QED) is 0.671. The van der Waals surface area contributed by atoms with Gasteiger partial charge in [-0.2, -0.15) is 0 Å². The van der Waals surface area contributed by atoms with Gasteiger partial charge in [0.15, 0.2) is 12.4 Å². The molecule has 0 aromatic rings. The van der Waals surface area contributed by atoms with Crippen molar-refractivity contribution in [1.29, 1.82) is 0 Å². The predicted molar refractivity (Wildman–Crippen MR) is 60.3 cm³/mol. The van der Waals surface area contributed by atoms with Gasteiger partial charge in [0, 0.05) is 13.3 Å². The number of hydrogen-bond donors (Lipinski definition) is 0. The maximum absolute atomic E-state index is 11.6. The van der Waals surface area contributed by atoms with Crippen LogP contribution >= 0.6 is 0 Å². The number of amides is 2. The second-order valence-corrected chi connectivity index (χ2v) is 4.33. The van der Waals surface area contributed by atoms with Crippen LogP contribution in [0.3, 0.4) is 0 Å². The van der Waals surface area contributed by atoms with Crippen LogP contribution in [0.4, 0.5) is 4.79 Å². The van der Waals surface area contributed by atoms with E-state index < -0.39 is 18.5 Å². The fourth-order valence-electron chi connectivity index (χ4n) is 2.36. The summed E-state index contributed by atoms with van der Waals surface area (Å²) in [5.74, 6) is 2.02. The van der Waals surface area contributed by atoms with Crippen molar-refractivity contribution in [2.75, 3.05) is 6.61 Å². The SMILES string of the molecule is C#CCO[C@@H]1C[C@@H]2[C@@H](OC(=O)N2C(C)=O)[C@H](C)O1. The molecule has 0 saturated carbocycles. The zero-order chi connectivity index (χ0) is 13.3. The summed E-state index contributed by atoms with van der Waals surface area (Å²) in [5.41, 5.74) is 0. The van der Waals surface area contributed by atoms with Gasteiger partial charge >= 0.3 is 6.09 Å². The van der Waals surface area contributed by atoms with E-state index in [0.29, 0.717) is 6.42 Å². The molecule has 0 aromatic carbocycles. The number of carbonyl (C=O) groups is 2. The van der Waals surface area contributed by atoms with Gasteiger partial charge in [0.25, 0.3) is 0 Å². The number of imide groups is 1. The molecule has 18 heavy (non-hydrogen) atoms. The highest BCUT2D eigenvalue weighted by Crippen LogP contribution is 2.32. The first-order chi connectivity index (χ1) is 8.54. The van der Waals surface area contributed by atoms with Gasteiger partial charge in [0.2, 0.25) is 5.91 Å². The van der Waals surface area contributed by atoms with Crippen LogP contribution in [0.2, 0.25) is 0 Å². The van der Waals surface area contributed by atoms with E-state index in [9.17, 15) is 9.59 Å². The van der Waals surface area contributed by atoms with Gasteiger partial charge in [0.1, 0.15) is 6.61 Å². The predicted octanol–water partition coefficient (Wildman–Crippen LogP) is 0.507. The van der Waals surface area contributed by atoms with Crippen molar-refractivity contribution in [3.8, 4) is 12.3 Å². The average Bonchev–Trinajstić information content (AvgIpc) is 2.63. The number of ether oxygens (including phenoxy) is 3. The van der Waals surface area contributed by atoms with E-state index in [1.165, 1.54) is 6.92 Å².